The third-order valence-corrected chi connectivity index (χ3v) is 4.78. The molecule has 2 aliphatic rings. The minimum atomic E-state index is -0.896. The van der Waals surface area contributed by atoms with Gasteiger partial charge in [0.25, 0.3) is 0 Å². The molecule has 4 nitrogen and oxygen atoms in total. The van der Waals surface area contributed by atoms with Gasteiger partial charge in [0.05, 0.1) is 12.5 Å². The maximum atomic E-state index is 14.4. The maximum absolute atomic E-state index is 14.4. The Bertz CT molecular complexity index is 622. The van der Waals surface area contributed by atoms with Crippen LogP contribution in [0, 0.1) is 11.7 Å². The summed E-state index contributed by atoms with van der Waals surface area (Å²) in [7, 11) is 1.67. The molecule has 2 heterocycles. The summed E-state index contributed by atoms with van der Waals surface area (Å²) in [5.41, 5.74) is -0.462. The number of nitrogens with one attached hydrogen (secondary N) is 1. The molecule has 112 valence electrons. The second-order valence-electron chi connectivity index (χ2n) is 5.46. The molecule has 1 aromatic carbocycles. The van der Waals surface area contributed by atoms with Gasteiger partial charge in [-0.3, -0.25) is 4.79 Å². The highest BCUT2D eigenvalue weighted by Gasteiger charge is 2.52. The highest BCUT2D eigenvalue weighted by atomic mass is 79.9. The lowest BCUT2D eigenvalue weighted by molar-refractivity contribution is -0.147. The van der Waals surface area contributed by atoms with Crippen molar-refractivity contribution in [1.82, 2.24) is 10.2 Å². The molecule has 2 fully saturated rings. The number of nitrogens with zero attached hydrogens (tertiary/aromatic N) is 1. The van der Waals surface area contributed by atoms with Crippen LogP contribution in [0.5, 0.6) is 0 Å². The van der Waals surface area contributed by atoms with E-state index in [2.05, 4.69) is 27.8 Å². The quantitative estimate of drug-likeness (QED) is 0.841. The summed E-state index contributed by atoms with van der Waals surface area (Å²) in [6.45, 7) is 4.60. The molecule has 0 aliphatic carbocycles. The van der Waals surface area contributed by atoms with E-state index in [9.17, 15) is 9.18 Å². The molecule has 2 saturated heterocycles. The van der Waals surface area contributed by atoms with Crippen LogP contribution in [-0.4, -0.2) is 31.1 Å². The molecule has 2 atom stereocenters. The highest BCUT2D eigenvalue weighted by Crippen LogP contribution is 2.42. The van der Waals surface area contributed by atoms with E-state index in [0.29, 0.717) is 24.4 Å². The zero-order valence-corrected chi connectivity index (χ0v) is 13.2. The van der Waals surface area contributed by atoms with Gasteiger partial charge in [0.2, 0.25) is 5.91 Å². The molecular formula is C15H16BrFN2O2. The number of ether oxygens (including phenoxy) is 1. The number of amides is 1. The molecule has 1 amide bonds. The normalized spacial score (nSPS) is 29.1. The Hall–Kier alpha value is -1.40. The van der Waals surface area contributed by atoms with Gasteiger partial charge in [-0.05, 0) is 24.6 Å². The lowest BCUT2D eigenvalue weighted by Gasteiger charge is -2.50. The van der Waals surface area contributed by atoms with Crippen molar-refractivity contribution in [3.63, 3.8) is 0 Å². The summed E-state index contributed by atoms with van der Waals surface area (Å²) in [6.07, 6.45) is 0.551. The predicted octanol–water partition coefficient (Wildman–Crippen LogP) is 2.35. The van der Waals surface area contributed by atoms with Gasteiger partial charge in [0.15, 0.2) is 0 Å². The first-order chi connectivity index (χ1) is 9.95. The van der Waals surface area contributed by atoms with Crippen LogP contribution in [-0.2, 0) is 15.1 Å². The zero-order chi connectivity index (χ0) is 15.2. The number of carbonyl (C=O) groups is 1. The predicted molar refractivity (Wildman–Crippen MR) is 79.7 cm³/mol. The minimum Gasteiger partial charge on any atom is -0.379 e. The van der Waals surface area contributed by atoms with E-state index >= 15 is 0 Å². The SMILES string of the molecule is C=C1N[C@@]2(c3cc(Br)ccc3F)COCC[C@H]2C(=O)N1C. The highest BCUT2D eigenvalue weighted by molar-refractivity contribution is 9.10. The zero-order valence-electron chi connectivity index (χ0n) is 11.7. The molecule has 0 spiro atoms. The number of hydrogen-bond acceptors (Lipinski definition) is 3. The Balaban J connectivity index is 2.16. The van der Waals surface area contributed by atoms with Crippen LogP contribution in [0.2, 0.25) is 0 Å². The van der Waals surface area contributed by atoms with Crippen molar-refractivity contribution in [3.8, 4) is 0 Å². The van der Waals surface area contributed by atoms with Crippen molar-refractivity contribution < 1.29 is 13.9 Å². The average Bonchev–Trinajstić information content (AvgIpc) is 2.47. The third-order valence-electron chi connectivity index (χ3n) is 4.29. The summed E-state index contributed by atoms with van der Waals surface area (Å²) in [5, 5.41) is 3.22. The number of halogens is 2. The Kier molecular flexibility index (Phi) is 3.53. The van der Waals surface area contributed by atoms with Gasteiger partial charge in [0.1, 0.15) is 17.2 Å². The smallest absolute Gasteiger partial charge is 0.233 e. The van der Waals surface area contributed by atoms with Crippen LogP contribution in [0.3, 0.4) is 0 Å². The van der Waals surface area contributed by atoms with E-state index < -0.39 is 5.54 Å². The monoisotopic (exact) mass is 354 g/mol. The Morgan fingerprint density at radius 3 is 3.10 bits per heavy atom. The summed E-state index contributed by atoms with van der Waals surface area (Å²) in [5.74, 6) is -0.320. The number of benzene rings is 1. The molecule has 0 radical (unpaired) electrons. The fraction of sp³-hybridized carbons (Fsp3) is 0.400. The first-order valence-electron chi connectivity index (χ1n) is 6.73. The van der Waals surface area contributed by atoms with Crippen molar-refractivity contribution in [2.45, 2.75) is 12.0 Å². The van der Waals surface area contributed by atoms with Crippen molar-refractivity contribution in [1.29, 1.82) is 0 Å². The van der Waals surface area contributed by atoms with Crippen LogP contribution in [0.25, 0.3) is 0 Å². The van der Waals surface area contributed by atoms with E-state index in [-0.39, 0.29) is 24.2 Å². The molecule has 1 N–H and O–H groups in total. The van der Waals surface area contributed by atoms with Gasteiger partial charge >= 0.3 is 0 Å². The van der Waals surface area contributed by atoms with Crippen LogP contribution in [0.1, 0.15) is 12.0 Å². The molecule has 21 heavy (non-hydrogen) atoms. The number of carbonyl (C=O) groups excluding carboxylic acids is 1. The van der Waals surface area contributed by atoms with Gasteiger partial charge in [0, 0.05) is 23.7 Å². The lowest BCUT2D eigenvalue weighted by Crippen LogP contribution is -2.64. The van der Waals surface area contributed by atoms with Gasteiger partial charge in [-0.2, -0.15) is 0 Å². The number of hydrogen-bond donors (Lipinski definition) is 1. The van der Waals surface area contributed by atoms with Gasteiger partial charge in [-0.15, -0.1) is 0 Å². The van der Waals surface area contributed by atoms with E-state index in [1.807, 2.05) is 0 Å². The van der Waals surface area contributed by atoms with Crippen LogP contribution < -0.4 is 5.32 Å². The average molecular weight is 355 g/mol. The van der Waals surface area contributed by atoms with Crippen LogP contribution in [0.4, 0.5) is 4.39 Å². The molecule has 2 aliphatic heterocycles. The summed E-state index contributed by atoms with van der Waals surface area (Å²) in [6, 6.07) is 4.74. The van der Waals surface area contributed by atoms with Gasteiger partial charge in [-0.1, -0.05) is 22.5 Å². The third kappa shape index (κ3) is 2.17. The Labute approximate surface area is 131 Å². The summed E-state index contributed by atoms with van der Waals surface area (Å²) < 4.78 is 20.7. The van der Waals surface area contributed by atoms with Crippen molar-refractivity contribution >= 4 is 21.8 Å². The molecule has 0 unspecified atom stereocenters. The van der Waals surface area contributed by atoms with E-state index in [1.165, 1.54) is 11.0 Å². The first kappa shape index (κ1) is 14.5. The van der Waals surface area contributed by atoms with Gasteiger partial charge in [-0.25, -0.2) is 4.39 Å². The largest absolute Gasteiger partial charge is 0.379 e. The summed E-state index contributed by atoms with van der Waals surface area (Å²) in [4.78, 5) is 14.1. The summed E-state index contributed by atoms with van der Waals surface area (Å²) >= 11 is 3.37. The van der Waals surface area contributed by atoms with Crippen molar-refractivity contribution in [2.75, 3.05) is 20.3 Å². The fourth-order valence-electron chi connectivity index (χ4n) is 3.12. The molecule has 0 saturated carbocycles. The molecule has 1 aromatic rings. The van der Waals surface area contributed by atoms with Crippen molar-refractivity contribution in [3.05, 3.63) is 46.5 Å². The number of fused-ring (bicyclic) bond motifs is 1. The fourth-order valence-corrected chi connectivity index (χ4v) is 3.48. The topological polar surface area (TPSA) is 41.6 Å². The first-order valence-corrected chi connectivity index (χ1v) is 7.53. The molecular weight excluding hydrogens is 339 g/mol. The molecule has 0 bridgehead atoms. The second-order valence-corrected chi connectivity index (χ2v) is 6.37. The van der Waals surface area contributed by atoms with E-state index in [4.69, 9.17) is 4.74 Å². The minimum absolute atomic E-state index is 0.0542. The second kappa shape index (κ2) is 5.10. The van der Waals surface area contributed by atoms with Gasteiger partial charge < -0.3 is 15.0 Å². The number of rotatable bonds is 1. The van der Waals surface area contributed by atoms with E-state index in [0.717, 1.165) is 4.47 Å². The molecule has 3 rings (SSSR count). The van der Waals surface area contributed by atoms with Crippen LogP contribution >= 0.6 is 15.9 Å². The molecule has 0 aromatic heterocycles. The maximum Gasteiger partial charge on any atom is 0.233 e. The standard InChI is InChI=1S/C15H16BrFN2O2/c1-9-18-15(12-7-10(16)3-4-13(12)17)8-21-6-5-11(15)14(20)19(9)2/h3-4,7,11,18H,1,5-6,8H2,2H3/t11-,15-/m0/s1. The Morgan fingerprint density at radius 1 is 1.57 bits per heavy atom. The van der Waals surface area contributed by atoms with Crippen LogP contribution in [0.15, 0.2) is 35.1 Å². The van der Waals surface area contributed by atoms with Crippen molar-refractivity contribution in [2.24, 2.45) is 5.92 Å². The van der Waals surface area contributed by atoms with E-state index in [1.54, 1.807) is 19.2 Å². The molecule has 6 heteroatoms. The Morgan fingerprint density at radius 2 is 2.33 bits per heavy atom. The lowest BCUT2D eigenvalue weighted by atomic mass is 9.73.